The van der Waals surface area contributed by atoms with E-state index in [-0.39, 0.29) is 36.2 Å². The summed E-state index contributed by atoms with van der Waals surface area (Å²) in [5, 5.41) is 4.51. The standard InChI is InChI=1S/C22H30N4O2S.HI/c1-3-23-22(26-11-13-28-19(15-26)18-10-7-12-27-18)24-14-20-16(2)25-21(29-20)17-8-5-4-6-9-17;/h4-6,8-9,18-19H,3,7,10-15H2,1-2H3,(H,23,24);1H. The highest BCUT2D eigenvalue weighted by Gasteiger charge is 2.32. The van der Waals surface area contributed by atoms with Crippen LogP contribution < -0.4 is 5.32 Å². The number of halogens is 1. The predicted molar refractivity (Wildman–Crippen MR) is 133 cm³/mol. The van der Waals surface area contributed by atoms with Crippen molar-refractivity contribution in [3.63, 3.8) is 0 Å². The minimum atomic E-state index is 0. The summed E-state index contributed by atoms with van der Waals surface area (Å²) in [6.45, 7) is 8.92. The Labute approximate surface area is 200 Å². The molecule has 1 aromatic heterocycles. The molecule has 0 radical (unpaired) electrons. The van der Waals surface area contributed by atoms with Gasteiger partial charge in [-0.1, -0.05) is 30.3 Å². The number of rotatable bonds is 5. The molecule has 3 heterocycles. The van der Waals surface area contributed by atoms with Gasteiger partial charge >= 0.3 is 0 Å². The van der Waals surface area contributed by atoms with Crippen molar-refractivity contribution in [3.05, 3.63) is 40.9 Å². The lowest BCUT2D eigenvalue weighted by molar-refractivity contribution is -0.0817. The van der Waals surface area contributed by atoms with Gasteiger partial charge in [0.25, 0.3) is 0 Å². The number of thiazole rings is 1. The zero-order valence-corrected chi connectivity index (χ0v) is 20.8. The minimum absolute atomic E-state index is 0. The molecule has 0 bridgehead atoms. The van der Waals surface area contributed by atoms with E-state index in [1.807, 2.05) is 6.07 Å². The lowest BCUT2D eigenvalue weighted by atomic mass is 10.1. The molecule has 2 aliphatic rings. The van der Waals surface area contributed by atoms with E-state index in [0.717, 1.165) is 61.3 Å². The summed E-state index contributed by atoms with van der Waals surface area (Å²) in [7, 11) is 0. The van der Waals surface area contributed by atoms with E-state index in [0.29, 0.717) is 13.2 Å². The number of nitrogens with one attached hydrogen (secondary N) is 1. The molecule has 0 amide bonds. The summed E-state index contributed by atoms with van der Waals surface area (Å²) in [6.07, 6.45) is 2.57. The molecule has 4 rings (SSSR count). The fourth-order valence-corrected chi connectivity index (χ4v) is 4.83. The van der Waals surface area contributed by atoms with Crippen LogP contribution in [0.4, 0.5) is 0 Å². The summed E-state index contributed by atoms with van der Waals surface area (Å²) < 4.78 is 11.8. The fraction of sp³-hybridized carbons (Fsp3) is 0.545. The van der Waals surface area contributed by atoms with Crippen LogP contribution in [0.3, 0.4) is 0 Å². The Morgan fingerprint density at radius 2 is 2.03 bits per heavy atom. The lowest BCUT2D eigenvalue weighted by Gasteiger charge is -2.37. The number of aromatic nitrogens is 1. The maximum Gasteiger partial charge on any atom is 0.194 e. The molecule has 164 valence electrons. The van der Waals surface area contributed by atoms with E-state index in [1.165, 1.54) is 4.88 Å². The first-order valence-corrected chi connectivity index (χ1v) is 11.3. The number of nitrogens with zero attached hydrogens (tertiary/aromatic N) is 3. The number of morpholine rings is 1. The van der Waals surface area contributed by atoms with Gasteiger partial charge in [-0.3, -0.25) is 0 Å². The number of hydrogen-bond acceptors (Lipinski definition) is 5. The molecule has 6 nitrogen and oxygen atoms in total. The highest BCUT2D eigenvalue weighted by molar-refractivity contribution is 14.0. The number of aryl methyl sites for hydroxylation is 1. The largest absolute Gasteiger partial charge is 0.375 e. The van der Waals surface area contributed by atoms with Crippen LogP contribution in [-0.2, 0) is 16.0 Å². The van der Waals surface area contributed by atoms with Crippen molar-refractivity contribution in [2.24, 2.45) is 4.99 Å². The van der Waals surface area contributed by atoms with E-state index >= 15 is 0 Å². The Hall–Kier alpha value is -1.23. The smallest absolute Gasteiger partial charge is 0.194 e. The van der Waals surface area contributed by atoms with E-state index in [4.69, 9.17) is 19.5 Å². The number of benzene rings is 1. The average Bonchev–Trinajstić information content (AvgIpc) is 3.42. The Balaban J connectivity index is 0.00000256. The van der Waals surface area contributed by atoms with Crippen LogP contribution in [0, 0.1) is 6.92 Å². The van der Waals surface area contributed by atoms with Crippen molar-refractivity contribution in [2.45, 2.75) is 45.4 Å². The van der Waals surface area contributed by atoms with Crippen LogP contribution >= 0.6 is 35.3 Å². The molecule has 8 heteroatoms. The van der Waals surface area contributed by atoms with Gasteiger partial charge < -0.3 is 19.7 Å². The quantitative estimate of drug-likeness (QED) is 0.351. The Morgan fingerprint density at radius 1 is 1.23 bits per heavy atom. The fourth-order valence-electron chi connectivity index (χ4n) is 3.84. The van der Waals surface area contributed by atoms with Gasteiger partial charge in [-0.2, -0.15) is 0 Å². The first-order valence-electron chi connectivity index (χ1n) is 10.5. The number of aliphatic imine (C=N–C) groups is 1. The highest BCUT2D eigenvalue weighted by Crippen LogP contribution is 2.28. The van der Waals surface area contributed by atoms with Crippen molar-refractivity contribution < 1.29 is 9.47 Å². The van der Waals surface area contributed by atoms with Gasteiger partial charge in [-0.05, 0) is 26.7 Å². The number of guanidine groups is 1. The molecule has 0 aliphatic carbocycles. The zero-order valence-electron chi connectivity index (χ0n) is 17.7. The van der Waals surface area contributed by atoms with E-state index in [2.05, 4.69) is 48.3 Å². The molecule has 2 fully saturated rings. The van der Waals surface area contributed by atoms with Crippen LogP contribution in [-0.4, -0.2) is 60.9 Å². The van der Waals surface area contributed by atoms with Gasteiger partial charge in [-0.15, -0.1) is 35.3 Å². The Bertz CT molecular complexity index is 824. The first kappa shape index (κ1) is 23.4. The van der Waals surface area contributed by atoms with Crippen LogP contribution in [0.5, 0.6) is 0 Å². The molecule has 0 saturated carbocycles. The zero-order chi connectivity index (χ0) is 20.1. The number of hydrogen-bond donors (Lipinski definition) is 1. The Morgan fingerprint density at radius 3 is 2.77 bits per heavy atom. The van der Waals surface area contributed by atoms with Crippen LogP contribution in [0.25, 0.3) is 10.6 Å². The Kier molecular flexibility index (Phi) is 8.91. The van der Waals surface area contributed by atoms with Crippen LogP contribution in [0.1, 0.15) is 30.3 Å². The highest BCUT2D eigenvalue weighted by atomic mass is 127. The maximum absolute atomic E-state index is 6.00. The first-order chi connectivity index (χ1) is 14.2. The second kappa shape index (κ2) is 11.4. The van der Waals surface area contributed by atoms with Crippen molar-refractivity contribution in [3.8, 4) is 10.6 Å². The molecule has 1 aromatic carbocycles. The van der Waals surface area contributed by atoms with E-state index < -0.39 is 0 Å². The molecule has 1 N–H and O–H groups in total. The molecule has 2 aliphatic heterocycles. The molecular formula is C22H31IN4O2S. The van der Waals surface area contributed by atoms with Crippen LogP contribution in [0.15, 0.2) is 35.3 Å². The van der Waals surface area contributed by atoms with Gasteiger partial charge in [-0.25, -0.2) is 9.98 Å². The average molecular weight is 542 g/mol. The summed E-state index contributed by atoms with van der Waals surface area (Å²) in [5.41, 5.74) is 2.22. The second-order valence-electron chi connectivity index (χ2n) is 7.47. The van der Waals surface area contributed by atoms with Gasteiger partial charge in [0, 0.05) is 36.7 Å². The monoisotopic (exact) mass is 542 g/mol. The van der Waals surface area contributed by atoms with Crippen molar-refractivity contribution in [1.82, 2.24) is 15.2 Å². The van der Waals surface area contributed by atoms with Gasteiger partial charge in [0.2, 0.25) is 0 Å². The summed E-state index contributed by atoms with van der Waals surface area (Å²) in [6, 6.07) is 10.3. The molecule has 2 unspecified atom stereocenters. The van der Waals surface area contributed by atoms with E-state index in [9.17, 15) is 0 Å². The SMILES string of the molecule is CCNC(=NCc1sc(-c2ccccc2)nc1C)N1CCOC(C2CCCO2)C1.I. The summed E-state index contributed by atoms with van der Waals surface area (Å²) in [4.78, 5) is 13.2. The lowest BCUT2D eigenvalue weighted by Crippen LogP contribution is -2.53. The topological polar surface area (TPSA) is 59.0 Å². The minimum Gasteiger partial charge on any atom is -0.375 e. The number of ether oxygens (including phenoxy) is 2. The molecule has 2 saturated heterocycles. The predicted octanol–water partition coefficient (Wildman–Crippen LogP) is 4.08. The van der Waals surface area contributed by atoms with Gasteiger partial charge in [0.1, 0.15) is 11.1 Å². The normalized spacial score (nSPS) is 22.1. The van der Waals surface area contributed by atoms with E-state index in [1.54, 1.807) is 11.3 Å². The third-order valence-electron chi connectivity index (χ3n) is 5.39. The third kappa shape index (κ3) is 5.72. The summed E-state index contributed by atoms with van der Waals surface area (Å²) in [5.74, 6) is 0.952. The van der Waals surface area contributed by atoms with Crippen molar-refractivity contribution in [1.29, 1.82) is 0 Å². The van der Waals surface area contributed by atoms with Gasteiger partial charge in [0.05, 0.1) is 24.9 Å². The molecule has 30 heavy (non-hydrogen) atoms. The molecule has 2 atom stereocenters. The summed E-state index contributed by atoms with van der Waals surface area (Å²) >= 11 is 1.73. The molecule has 0 spiro atoms. The van der Waals surface area contributed by atoms with Crippen molar-refractivity contribution in [2.75, 3.05) is 32.8 Å². The second-order valence-corrected chi connectivity index (χ2v) is 8.55. The van der Waals surface area contributed by atoms with Crippen molar-refractivity contribution >= 4 is 41.3 Å². The van der Waals surface area contributed by atoms with Gasteiger partial charge in [0.15, 0.2) is 5.96 Å². The molecular weight excluding hydrogens is 511 g/mol. The third-order valence-corrected chi connectivity index (χ3v) is 6.58. The molecule has 2 aromatic rings. The van der Waals surface area contributed by atoms with Crippen LogP contribution in [0.2, 0.25) is 0 Å². The maximum atomic E-state index is 6.00.